The Kier molecular flexibility index (Phi) is 5.77. The number of fused-ring (bicyclic) bond motifs is 1. The fourth-order valence-corrected chi connectivity index (χ4v) is 4.37. The molecule has 2 heterocycles. The second-order valence-electron chi connectivity index (χ2n) is 8.31. The highest BCUT2D eigenvalue weighted by atomic mass is 35.5. The summed E-state index contributed by atoms with van der Waals surface area (Å²) in [5.41, 5.74) is 2.23. The summed E-state index contributed by atoms with van der Waals surface area (Å²) in [4.78, 5) is 29.4. The summed E-state index contributed by atoms with van der Waals surface area (Å²) < 4.78 is 5.73. The van der Waals surface area contributed by atoms with Gasteiger partial charge in [0, 0.05) is 30.1 Å². The molecule has 0 aliphatic carbocycles. The van der Waals surface area contributed by atoms with E-state index >= 15 is 0 Å². The van der Waals surface area contributed by atoms with Crippen LogP contribution in [0.25, 0.3) is 5.76 Å². The van der Waals surface area contributed by atoms with E-state index in [2.05, 4.69) is 0 Å². The quantitative estimate of drug-likeness (QED) is 0.436. The molecule has 1 saturated heterocycles. The molecule has 2 aromatic carbocycles. The molecule has 4 rings (SSSR count). The molecule has 31 heavy (non-hydrogen) atoms. The van der Waals surface area contributed by atoms with Crippen molar-refractivity contribution in [1.82, 2.24) is 9.80 Å². The van der Waals surface area contributed by atoms with E-state index in [1.165, 1.54) is 4.90 Å². The van der Waals surface area contributed by atoms with Gasteiger partial charge in [0.1, 0.15) is 17.6 Å². The second kappa shape index (κ2) is 8.36. The first-order chi connectivity index (χ1) is 14.8. The SMILES string of the molecule is C[C@@H]1Cc2cc(/C(O)=C3\C(=O)C(=O)N(CCN(C)C)[C@@H]3c3cccc(Cl)c3)ccc2O1. The number of Topliss-reactive ketones (excluding diaryl/α,β-unsaturated/α-hetero) is 1. The Hall–Kier alpha value is -2.83. The van der Waals surface area contributed by atoms with Crippen LogP contribution in [0.1, 0.15) is 29.7 Å². The number of benzene rings is 2. The van der Waals surface area contributed by atoms with Gasteiger partial charge in [-0.25, -0.2) is 0 Å². The van der Waals surface area contributed by atoms with Gasteiger partial charge in [-0.05, 0) is 62.5 Å². The molecule has 2 aliphatic rings. The topological polar surface area (TPSA) is 70.1 Å². The lowest BCUT2D eigenvalue weighted by Gasteiger charge is -2.26. The molecule has 0 unspecified atom stereocenters. The van der Waals surface area contributed by atoms with Crippen LogP contribution in [0, 0.1) is 0 Å². The highest BCUT2D eigenvalue weighted by molar-refractivity contribution is 6.46. The number of carbonyl (C=O) groups is 2. The average molecular weight is 441 g/mol. The fourth-order valence-electron chi connectivity index (χ4n) is 4.17. The van der Waals surface area contributed by atoms with E-state index in [1.807, 2.05) is 38.1 Å². The van der Waals surface area contributed by atoms with Gasteiger partial charge >= 0.3 is 0 Å². The van der Waals surface area contributed by atoms with Gasteiger partial charge in [0.2, 0.25) is 0 Å². The molecule has 0 saturated carbocycles. The predicted molar refractivity (Wildman–Crippen MR) is 119 cm³/mol. The number of halogens is 1. The zero-order valence-electron chi connectivity index (χ0n) is 17.8. The second-order valence-corrected chi connectivity index (χ2v) is 8.74. The molecule has 6 nitrogen and oxygen atoms in total. The Morgan fingerprint density at radius 3 is 2.71 bits per heavy atom. The third kappa shape index (κ3) is 4.05. The first kappa shape index (κ1) is 21.4. The van der Waals surface area contributed by atoms with Crippen molar-refractivity contribution in [3.8, 4) is 5.75 Å². The van der Waals surface area contributed by atoms with E-state index in [0.29, 0.717) is 29.2 Å². The Labute approximate surface area is 186 Å². The molecule has 1 amide bonds. The van der Waals surface area contributed by atoms with Gasteiger partial charge < -0.3 is 19.6 Å². The largest absolute Gasteiger partial charge is 0.507 e. The van der Waals surface area contributed by atoms with Crippen LogP contribution in [-0.2, 0) is 16.0 Å². The van der Waals surface area contributed by atoms with Gasteiger partial charge in [-0.15, -0.1) is 0 Å². The Morgan fingerprint density at radius 1 is 1.23 bits per heavy atom. The normalized spacial score (nSPS) is 22.2. The number of aliphatic hydroxyl groups excluding tert-OH is 1. The first-order valence-electron chi connectivity index (χ1n) is 10.2. The number of ketones is 1. The number of nitrogens with zero attached hydrogens (tertiary/aromatic N) is 2. The van der Waals surface area contributed by atoms with Crippen molar-refractivity contribution in [2.24, 2.45) is 0 Å². The van der Waals surface area contributed by atoms with Crippen LogP contribution in [-0.4, -0.2) is 59.9 Å². The van der Waals surface area contributed by atoms with Crippen LogP contribution in [0.5, 0.6) is 5.75 Å². The molecule has 1 N–H and O–H groups in total. The fraction of sp³-hybridized carbons (Fsp3) is 0.333. The molecule has 2 aromatic rings. The van der Waals surface area contributed by atoms with Gasteiger partial charge in [0.25, 0.3) is 11.7 Å². The summed E-state index contributed by atoms with van der Waals surface area (Å²) >= 11 is 6.20. The van der Waals surface area contributed by atoms with Crippen molar-refractivity contribution in [1.29, 1.82) is 0 Å². The van der Waals surface area contributed by atoms with Crippen molar-refractivity contribution in [3.63, 3.8) is 0 Å². The predicted octanol–water partition coefficient (Wildman–Crippen LogP) is 3.65. The molecule has 1 fully saturated rings. The van der Waals surface area contributed by atoms with Crippen molar-refractivity contribution in [2.45, 2.75) is 25.5 Å². The molecule has 0 bridgehead atoms. The van der Waals surface area contributed by atoms with Gasteiger partial charge in [0.15, 0.2) is 0 Å². The molecule has 0 aromatic heterocycles. The summed E-state index contributed by atoms with van der Waals surface area (Å²) in [5, 5.41) is 11.7. The zero-order chi connectivity index (χ0) is 22.3. The van der Waals surface area contributed by atoms with Crippen LogP contribution < -0.4 is 4.74 Å². The average Bonchev–Trinajstić information content (AvgIpc) is 3.22. The number of ether oxygens (including phenoxy) is 1. The maximum Gasteiger partial charge on any atom is 0.295 e. The van der Waals surface area contributed by atoms with Crippen LogP contribution in [0.4, 0.5) is 0 Å². The molecule has 7 heteroatoms. The van der Waals surface area contributed by atoms with Gasteiger partial charge in [0.05, 0.1) is 11.6 Å². The summed E-state index contributed by atoms with van der Waals surface area (Å²) in [6, 6.07) is 11.7. The third-order valence-electron chi connectivity index (χ3n) is 5.66. The highest BCUT2D eigenvalue weighted by Crippen LogP contribution is 2.41. The number of rotatable bonds is 5. The molecule has 162 valence electrons. The lowest BCUT2D eigenvalue weighted by atomic mass is 9.94. The number of hydrogen-bond acceptors (Lipinski definition) is 5. The number of likely N-dealkylation sites (N-methyl/N-ethyl adjacent to an activating group) is 1. The van der Waals surface area contributed by atoms with Crippen LogP contribution in [0.15, 0.2) is 48.0 Å². The zero-order valence-corrected chi connectivity index (χ0v) is 18.5. The number of carbonyl (C=O) groups excluding carboxylic acids is 2. The molecular formula is C24H25ClN2O4. The number of aliphatic hydroxyl groups is 1. The summed E-state index contributed by atoms with van der Waals surface area (Å²) in [6.45, 7) is 2.91. The lowest BCUT2D eigenvalue weighted by Crippen LogP contribution is -2.35. The summed E-state index contributed by atoms with van der Waals surface area (Å²) in [7, 11) is 3.80. The Morgan fingerprint density at radius 2 is 2.00 bits per heavy atom. The third-order valence-corrected chi connectivity index (χ3v) is 5.90. The molecule has 2 aliphatic heterocycles. The first-order valence-corrected chi connectivity index (χ1v) is 10.6. The van der Waals surface area contributed by atoms with E-state index in [0.717, 1.165) is 17.7 Å². The minimum atomic E-state index is -0.706. The van der Waals surface area contributed by atoms with E-state index in [9.17, 15) is 14.7 Å². The monoisotopic (exact) mass is 440 g/mol. The van der Waals surface area contributed by atoms with Crippen molar-refractivity contribution >= 4 is 29.1 Å². The number of likely N-dealkylation sites (tertiary alicyclic amines) is 1. The van der Waals surface area contributed by atoms with Crippen molar-refractivity contribution in [2.75, 3.05) is 27.2 Å². The Bertz CT molecular complexity index is 1080. The molecule has 0 radical (unpaired) electrons. The van der Waals surface area contributed by atoms with E-state index in [4.69, 9.17) is 16.3 Å². The summed E-state index contributed by atoms with van der Waals surface area (Å²) in [6.07, 6.45) is 0.793. The smallest absolute Gasteiger partial charge is 0.295 e. The molecule has 0 spiro atoms. The van der Waals surface area contributed by atoms with Crippen molar-refractivity contribution < 1.29 is 19.4 Å². The minimum Gasteiger partial charge on any atom is -0.507 e. The van der Waals surface area contributed by atoms with Gasteiger partial charge in [-0.1, -0.05) is 23.7 Å². The highest BCUT2D eigenvalue weighted by Gasteiger charge is 2.46. The van der Waals surface area contributed by atoms with Gasteiger partial charge in [-0.2, -0.15) is 0 Å². The van der Waals surface area contributed by atoms with Gasteiger partial charge in [-0.3, -0.25) is 9.59 Å². The minimum absolute atomic E-state index is 0.0653. The maximum atomic E-state index is 13.0. The molecular weight excluding hydrogens is 416 g/mol. The van der Waals surface area contributed by atoms with Crippen LogP contribution in [0.2, 0.25) is 5.02 Å². The van der Waals surface area contributed by atoms with Crippen molar-refractivity contribution in [3.05, 3.63) is 69.8 Å². The molecule has 2 atom stereocenters. The standard InChI is InChI=1S/C24H25ClN2O4/c1-14-11-17-12-16(7-8-19(17)31-14)22(28)20-21(15-5-4-6-18(25)13-15)27(10-9-26(2)3)24(30)23(20)29/h4-8,12-14,21,28H,9-11H2,1-3H3/b22-20+/t14-,21-/m1/s1. The number of amides is 1. The van der Waals surface area contributed by atoms with Crippen LogP contribution >= 0.6 is 11.6 Å². The number of hydrogen-bond donors (Lipinski definition) is 1. The maximum absolute atomic E-state index is 13.0. The van der Waals surface area contributed by atoms with E-state index in [-0.39, 0.29) is 17.4 Å². The van der Waals surface area contributed by atoms with E-state index < -0.39 is 17.7 Å². The van der Waals surface area contributed by atoms with Crippen LogP contribution in [0.3, 0.4) is 0 Å². The summed E-state index contributed by atoms with van der Waals surface area (Å²) in [5.74, 6) is -0.710. The lowest BCUT2D eigenvalue weighted by molar-refractivity contribution is -0.140. The Balaban J connectivity index is 1.82. The van der Waals surface area contributed by atoms with E-state index in [1.54, 1.807) is 30.3 Å².